The van der Waals surface area contributed by atoms with Crippen molar-refractivity contribution < 1.29 is 9.47 Å². The van der Waals surface area contributed by atoms with Gasteiger partial charge in [0.2, 0.25) is 0 Å². The van der Waals surface area contributed by atoms with Gasteiger partial charge in [0, 0.05) is 10.9 Å². The Bertz CT molecular complexity index is 956. The summed E-state index contributed by atoms with van der Waals surface area (Å²) in [5, 5.41) is 1.71. The van der Waals surface area contributed by atoms with Crippen molar-refractivity contribution in [3.05, 3.63) is 58.4 Å². The van der Waals surface area contributed by atoms with Crippen LogP contribution in [-0.4, -0.2) is 18.8 Å². The predicted octanol–water partition coefficient (Wildman–Crippen LogP) is 3.05. The number of rotatable bonds is 2. The number of nitrogens with zero attached hydrogens (tertiary/aromatic N) is 1. The zero-order valence-corrected chi connectivity index (χ0v) is 12.4. The van der Waals surface area contributed by atoms with Gasteiger partial charge in [0.05, 0.1) is 26.5 Å². The lowest BCUT2D eigenvalue weighted by Gasteiger charge is -2.10. The highest BCUT2D eigenvalue weighted by Crippen LogP contribution is 2.39. The van der Waals surface area contributed by atoms with Crippen LogP contribution >= 0.6 is 0 Å². The summed E-state index contributed by atoms with van der Waals surface area (Å²) in [6.45, 7) is 0.564. The molecule has 2 aromatic carbocycles. The molecule has 0 bridgehead atoms. The van der Waals surface area contributed by atoms with Crippen LogP contribution in [0.15, 0.2) is 47.3 Å². The average molecular weight is 293 g/mol. The molecule has 1 aromatic heterocycles. The quantitative estimate of drug-likeness (QED) is 0.570. The topological polar surface area (TPSA) is 40.5 Å². The third-order valence-electron chi connectivity index (χ3n) is 4.23. The SMILES string of the molecule is COc1cc2c(cc1OC)-c1cc3ccccc3c(=O)n1C2. The first-order valence-electron chi connectivity index (χ1n) is 7.11. The molecule has 2 heterocycles. The Hall–Kier alpha value is -2.75. The smallest absolute Gasteiger partial charge is 0.259 e. The van der Waals surface area contributed by atoms with Gasteiger partial charge in [0.25, 0.3) is 5.56 Å². The van der Waals surface area contributed by atoms with Crippen LogP contribution in [0.25, 0.3) is 22.0 Å². The number of ether oxygens (including phenoxy) is 2. The van der Waals surface area contributed by atoms with E-state index in [1.807, 2.05) is 41.0 Å². The van der Waals surface area contributed by atoms with Gasteiger partial charge in [-0.15, -0.1) is 0 Å². The lowest BCUT2D eigenvalue weighted by Crippen LogP contribution is -2.18. The van der Waals surface area contributed by atoms with Crippen molar-refractivity contribution in [2.24, 2.45) is 0 Å². The molecule has 0 spiro atoms. The highest BCUT2D eigenvalue weighted by molar-refractivity contribution is 5.87. The van der Waals surface area contributed by atoms with Gasteiger partial charge in [-0.2, -0.15) is 0 Å². The van der Waals surface area contributed by atoms with E-state index in [-0.39, 0.29) is 5.56 Å². The second kappa shape index (κ2) is 4.63. The molecular weight excluding hydrogens is 278 g/mol. The lowest BCUT2D eigenvalue weighted by molar-refractivity contribution is 0.355. The minimum atomic E-state index is 0.0437. The fourth-order valence-corrected chi connectivity index (χ4v) is 3.14. The molecule has 0 aliphatic carbocycles. The number of pyridine rings is 1. The normalized spacial score (nSPS) is 12.1. The fourth-order valence-electron chi connectivity index (χ4n) is 3.14. The molecule has 1 aliphatic rings. The van der Waals surface area contributed by atoms with Crippen molar-refractivity contribution in [3.8, 4) is 22.8 Å². The number of hydrogen-bond acceptors (Lipinski definition) is 3. The molecule has 0 atom stereocenters. The zero-order valence-electron chi connectivity index (χ0n) is 12.4. The molecule has 4 nitrogen and oxygen atoms in total. The Morgan fingerprint density at radius 1 is 1.00 bits per heavy atom. The summed E-state index contributed by atoms with van der Waals surface area (Å²) in [5.41, 5.74) is 3.08. The number of methoxy groups -OCH3 is 2. The standard InChI is InChI=1S/C18H15NO3/c1-21-16-8-12-10-19-15(14(12)9-17(16)22-2)7-11-5-3-4-6-13(11)18(19)20/h3-9H,10H2,1-2H3. The summed E-state index contributed by atoms with van der Waals surface area (Å²) >= 11 is 0. The van der Waals surface area contributed by atoms with E-state index in [0.29, 0.717) is 18.0 Å². The van der Waals surface area contributed by atoms with Crippen LogP contribution in [0.4, 0.5) is 0 Å². The van der Waals surface area contributed by atoms with Crippen LogP contribution in [0.2, 0.25) is 0 Å². The number of aromatic nitrogens is 1. The Labute approximate surface area is 127 Å². The van der Waals surface area contributed by atoms with Gasteiger partial charge in [0.15, 0.2) is 11.5 Å². The molecule has 0 saturated carbocycles. The average Bonchev–Trinajstić information content (AvgIpc) is 2.91. The molecule has 0 saturated heterocycles. The molecule has 4 rings (SSSR count). The van der Waals surface area contributed by atoms with Crippen molar-refractivity contribution in [1.29, 1.82) is 0 Å². The van der Waals surface area contributed by atoms with Crippen LogP contribution in [0, 0.1) is 0 Å². The Balaban J connectivity index is 2.03. The van der Waals surface area contributed by atoms with Crippen LogP contribution in [0.5, 0.6) is 11.5 Å². The van der Waals surface area contributed by atoms with Gasteiger partial charge < -0.3 is 14.0 Å². The lowest BCUT2D eigenvalue weighted by atomic mass is 10.0. The van der Waals surface area contributed by atoms with E-state index in [4.69, 9.17) is 9.47 Å². The number of benzene rings is 2. The first-order valence-corrected chi connectivity index (χ1v) is 7.11. The van der Waals surface area contributed by atoms with Crippen molar-refractivity contribution >= 4 is 10.8 Å². The van der Waals surface area contributed by atoms with E-state index in [0.717, 1.165) is 27.6 Å². The molecule has 1 aliphatic heterocycles. The van der Waals surface area contributed by atoms with Crippen LogP contribution in [0.1, 0.15) is 5.56 Å². The highest BCUT2D eigenvalue weighted by Gasteiger charge is 2.23. The Morgan fingerprint density at radius 3 is 2.50 bits per heavy atom. The molecule has 110 valence electrons. The molecule has 4 heteroatoms. The second-order valence-electron chi connectivity index (χ2n) is 5.37. The summed E-state index contributed by atoms with van der Waals surface area (Å²) < 4.78 is 12.5. The molecule has 0 fully saturated rings. The largest absolute Gasteiger partial charge is 0.493 e. The maximum Gasteiger partial charge on any atom is 0.259 e. The van der Waals surface area contributed by atoms with Crippen molar-refractivity contribution in [1.82, 2.24) is 4.57 Å². The summed E-state index contributed by atoms with van der Waals surface area (Å²) in [7, 11) is 3.24. The van der Waals surface area contributed by atoms with E-state index in [1.165, 1.54) is 0 Å². The molecule has 22 heavy (non-hydrogen) atoms. The predicted molar refractivity (Wildman–Crippen MR) is 85.9 cm³/mol. The highest BCUT2D eigenvalue weighted by atomic mass is 16.5. The minimum Gasteiger partial charge on any atom is -0.493 e. The van der Waals surface area contributed by atoms with Crippen molar-refractivity contribution in [2.45, 2.75) is 6.54 Å². The minimum absolute atomic E-state index is 0.0437. The fraction of sp³-hybridized carbons (Fsp3) is 0.167. The van der Waals surface area contributed by atoms with Gasteiger partial charge >= 0.3 is 0 Å². The summed E-state index contributed by atoms with van der Waals surface area (Å²) in [6.07, 6.45) is 0. The maximum absolute atomic E-state index is 12.7. The Morgan fingerprint density at radius 2 is 1.73 bits per heavy atom. The van der Waals surface area contributed by atoms with Crippen LogP contribution in [-0.2, 0) is 6.54 Å². The van der Waals surface area contributed by atoms with E-state index in [9.17, 15) is 4.79 Å². The summed E-state index contributed by atoms with van der Waals surface area (Å²) in [4.78, 5) is 12.7. The molecule has 0 unspecified atom stereocenters. The van der Waals surface area contributed by atoms with Gasteiger partial charge in [-0.1, -0.05) is 18.2 Å². The third-order valence-corrected chi connectivity index (χ3v) is 4.23. The summed E-state index contributed by atoms with van der Waals surface area (Å²) in [6, 6.07) is 13.6. The molecular formula is C18H15NO3. The monoisotopic (exact) mass is 293 g/mol. The van der Waals surface area contributed by atoms with Crippen molar-refractivity contribution in [2.75, 3.05) is 14.2 Å². The Kier molecular flexibility index (Phi) is 2.73. The molecule has 0 amide bonds. The number of hydrogen-bond donors (Lipinski definition) is 0. The van der Waals surface area contributed by atoms with Crippen molar-refractivity contribution in [3.63, 3.8) is 0 Å². The van der Waals surface area contributed by atoms with Gasteiger partial charge in [-0.25, -0.2) is 0 Å². The van der Waals surface area contributed by atoms with Gasteiger partial charge in [-0.3, -0.25) is 4.79 Å². The van der Waals surface area contributed by atoms with Gasteiger partial charge in [-0.05, 0) is 35.2 Å². The van der Waals surface area contributed by atoms with E-state index < -0.39 is 0 Å². The molecule has 0 radical (unpaired) electrons. The summed E-state index contributed by atoms with van der Waals surface area (Å²) in [5.74, 6) is 1.36. The van der Waals surface area contributed by atoms with E-state index in [1.54, 1.807) is 14.2 Å². The van der Waals surface area contributed by atoms with Gasteiger partial charge in [0.1, 0.15) is 0 Å². The first kappa shape index (κ1) is 13.0. The van der Waals surface area contributed by atoms with E-state index >= 15 is 0 Å². The first-order chi connectivity index (χ1) is 10.7. The molecule has 0 N–H and O–H groups in total. The zero-order chi connectivity index (χ0) is 15.3. The molecule has 3 aromatic rings. The van der Waals surface area contributed by atoms with Crippen LogP contribution in [0.3, 0.4) is 0 Å². The third kappa shape index (κ3) is 1.67. The maximum atomic E-state index is 12.7. The number of fused-ring (bicyclic) bond motifs is 4. The van der Waals surface area contributed by atoms with Crippen LogP contribution < -0.4 is 15.0 Å². The van der Waals surface area contributed by atoms with E-state index in [2.05, 4.69) is 6.07 Å². The second-order valence-corrected chi connectivity index (χ2v) is 5.37.